The Morgan fingerprint density at radius 3 is 2.65 bits per heavy atom. The number of rotatable bonds is 7. The topological polar surface area (TPSA) is 69.7 Å². The molecule has 0 bridgehead atoms. The smallest absolute Gasteiger partial charge is 0.324 e. The van der Waals surface area contributed by atoms with E-state index in [0.29, 0.717) is 25.9 Å². The highest BCUT2D eigenvalue weighted by atomic mass is 32.1. The van der Waals surface area contributed by atoms with Gasteiger partial charge in [0, 0.05) is 28.8 Å². The van der Waals surface area contributed by atoms with Crippen molar-refractivity contribution >= 4 is 29.2 Å². The van der Waals surface area contributed by atoms with Crippen LogP contribution in [0.3, 0.4) is 0 Å². The van der Waals surface area contributed by atoms with E-state index in [1.165, 1.54) is 14.7 Å². The third kappa shape index (κ3) is 4.54. The van der Waals surface area contributed by atoms with E-state index in [9.17, 15) is 14.4 Å². The van der Waals surface area contributed by atoms with Gasteiger partial charge in [0.1, 0.15) is 0 Å². The van der Waals surface area contributed by atoms with Gasteiger partial charge < -0.3 is 10.2 Å². The Bertz CT molecular complexity index is 581. The van der Waals surface area contributed by atoms with Gasteiger partial charge in [-0.05, 0) is 39.3 Å². The molecule has 4 amide bonds. The van der Waals surface area contributed by atoms with Gasteiger partial charge in [0.05, 0.1) is 13.1 Å². The summed E-state index contributed by atoms with van der Waals surface area (Å²) in [7, 11) is 0. The molecule has 23 heavy (non-hydrogen) atoms. The van der Waals surface area contributed by atoms with Crippen LogP contribution in [0.25, 0.3) is 0 Å². The lowest BCUT2D eigenvalue weighted by molar-refractivity contribution is -0.134. The number of imide groups is 1. The predicted octanol–water partition coefficient (Wildman–Crippen LogP) is 2.13. The number of aryl methyl sites for hydroxylation is 1. The van der Waals surface area contributed by atoms with Crippen molar-refractivity contribution in [1.29, 1.82) is 0 Å². The normalized spacial score (nSPS) is 14.5. The molecule has 1 fully saturated rings. The lowest BCUT2D eigenvalue weighted by Gasteiger charge is -2.26. The Labute approximate surface area is 140 Å². The number of nitrogens with one attached hydrogen (secondary N) is 1. The van der Waals surface area contributed by atoms with Gasteiger partial charge in [-0.3, -0.25) is 14.5 Å². The minimum absolute atomic E-state index is 0.0538. The van der Waals surface area contributed by atoms with E-state index in [4.69, 9.17) is 0 Å². The number of carbonyl (C=O) groups excluding carboxylic acids is 3. The molecule has 7 heteroatoms. The summed E-state index contributed by atoms with van der Waals surface area (Å²) in [6.45, 7) is 7.00. The molecule has 0 aliphatic carbocycles. The maximum Gasteiger partial charge on any atom is 0.324 e. The lowest BCUT2D eigenvalue weighted by atomic mass is 10.2. The van der Waals surface area contributed by atoms with E-state index < -0.39 is 0 Å². The molecule has 1 aliphatic rings. The zero-order chi connectivity index (χ0) is 17.0. The summed E-state index contributed by atoms with van der Waals surface area (Å²) in [6.07, 6.45) is 0.824. The summed E-state index contributed by atoms with van der Waals surface area (Å²) >= 11 is 1.70. The van der Waals surface area contributed by atoms with Gasteiger partial charge in [-0.15, -0.1) is 11.3 Å². The number of thiophene rings is 1. The Kier molecular flexibility index (Phi) is 5.76. The SMILES string of the molecule is Cc1ccc(CN(C(=O)CCCN2C(=O)CNC2=O)C(C)C)s1. The molecule has 6 nitrogen and oxygen atoms in total. The van der Waals surface area contributed by atoms with Crippen molar-refractivity contribution in [3.8, 4) is 0 Å². The highest BCUT2D eigenvalue weighted by Crippen LogP contribution is 2.19. The van der Waals surface area contributed by atoms with E-state index >= 15 is 0 Å². The van der Waals surface area contributed by atoms with Gasteiger partial charge in [0.25, 0.3) is 0 Å². The number of carbonyl (C=O) groups is 3. The number of hydrogen-bond donors (Lipinski definition) is 1. The van der Waals surface area contributed by atoms with E-state index in [2.05, 4.69) is 17.4 Å². The Morgan fingerprint density at radius 2 is 2.13 bits per heavy atom. The van der Waals surface area contributed by atoms with Gasteiger partial charge in [-0.1, -0.05) is 0 Å². The minimum atomic E-state index is -0.364. The summed E-state index contributed by atoms with van der Waals surface area (Å²) in [5, 5.41) is 2.48. The molecule has 126 valence electrons. The molecule has 1 aliphatic heterocycles. The summed E-state index contributed by atoms with van der Waals surface area (Å²) in [5.74, 6) is -0.171. The van der Waals surface area contributed by atoms with Crippen molar-refractivity contribution in [2.24, 2.45) is 0 Å². The average Bonchev–Trinajstić information content (AvgIpc) is 3.04. The van der Waals surface area contributed by atoms with Crippen LogP contribution >= 0.6 is 11.3 Å². The maximum absolute atomic E-state index is 12.5. The number of nitrogens with zero attached hydrogens (tertiary/aromatic N) is 2. The summed E-state index contributed by atoms with van der Waals surface area (Å²) in [6, 6.07) is 3.86. The van der Waals surface area contributed by atoms with Crippen LogP contribution in [0.5, 0.6) is 0 Å². The number of urea groups is 1. The van der Waals surface area contributed by atoms with Crippen LogP contribution < -0.4 is 5.32 Å². The first-order valence-electron chi connectivity index (χ1n) is 7.81. The monoisotopic (exact) mass is 337 g/mol. The van der Waals surface area contributed by atoms with Crippen LogP contribution in [0, 0.1) is 6.92 Å². The molecule has 0 radical (unpaired) electrons. The first-order valence-corrected chi connectivity index (χ1v) is 8.63. The predicted molar refractivity (Wildman–Crippen MR) is 89.1 cm³/mol. The van der Waals surface area contributed by atoms with Crippen LogP contribution in [-0.4, -0.2) is 46.8 Å². The standard InChI is InChI=1S/C16H23N3O3S/c1-11(2)19(10-13-7-6-12(3)23-13)14(20)5-4-8-18-15(21)9-17-16(18)22/h6-7,11H,4-5,8-10H2,1-3H3,(H,17,22). The van der Waals surface area contributed by atoms with Gasteiger partial charge in [-0.2, -0.15) is 0 Å². The van der Waals surface area contributed by atoms with Crippen LogP contribution in [0.15, 0.2) is 12.1 Å². The van der Waals surface area contributed by atoms with Crippen LogP contribution in [0.1, 0.15) is 36.4 Å². The molecule has 1 aromatic rings. The average molecular weight is 337 g/mol. The molecule has 1 saturated heterocycles. The van der Waals surface area contributed by atoms with Crippen LogP contribution in [-0.2, 0) is 16.1 Å². The Hall–Kier alpha value is -1.89. The highest BCUT2D eigenvalue weighted by Gasteiger charge is 2.28. The molecular weight excluding hydrogens is 314 g/mol. The highest BCUT2D eigenvalue weighted by molar-refractivity contribution is 7.11. The van der Waals surface area contributed by atoms with E-state index in [1.807, 2.05) is 25.7 Å². The summed E-state index contributed by atoms with van der Waals surface area (Å²) in [4.78, 5) is 40.8. The number of amides is 4. The van der Waals surface area contributed by atoms with E-state index in [1.54, 1.807) is 11.3 Å². The van der Waals surface area contributed by atoms with Gasteiger partial charge in [0.2, 0.25) is 11.8 Å². The van der Waals surface area contributed by atoms with Gasteiger partial charge >= 0.3 is 6.03 Å². The number of hydrogen-bond acceptors (Lipinski definition) is 4. The molecule has 0 unspecified atom stereocenters. The largest absolute Gasteiger partial charge is 0.335 e. The molecule has 1 N–H and O–H groups in total. The van der Waals surface area contributed by atoms with Crippen molar-refractivity contribution in [2.75, 3.05) is 13.1 Å². The van der Waals surface area contributed by atoms with Crippen molar-refractivity contribution in [3.05, 3.63) is 21.9 Å². The molecule has 0 atom stereocenters. The second-order valence-electron chi connectivity index (χ2n) is 5.94. The van der Waals surface area contributed by atoms with Gasteiger partial charge in [0.15, 0.2) is 0 Å². The van der Waals surface area contributed by atoms with Crippen LogP contribution in [0.4, 0.5) is 4.79 Å². The fraction of sp³-hybridized carbons (Fsp3) is 0.562. The lowest BCUT2D eigenvalue weighted by Crippen LogP contribution is -2.37. The second kappa shape index (κ2) is 7.59. The quantitative estimate of drug-likeness (QED) is 0.775. The van der Waals surface area contributed by atoms with Crippen molar-refractivity contribution in [3.63, 3.8) is 0 Å². The minimum Gasteiger partial charge on any atom is -0.335 e. The molecule has 0 spiro atoms. The fourth-order valence-electron chi connectivity index (χ4n) is 2.51. The fourth-order valence-corrected chi connectivity index (χ4v) is 3.40. The molecule has 2 heterocycles. The van der Waals surface area contributed by atoms with Gasteiger partial charge in [-0.25, -0.2) is 4.79 Å². The van der Waals surface area contributed by atoms with Crippen molar-refractivity contribution in [1.82, 2.24) is 15.1 Å². The first kappa shape index (κ1) is 17.5. The molecular formula is C16H23N3O3S. The third-order valence-corrected chi connectivity index (χ3v) is 4.76. The Balaban J connectivity index is 1.86. The molecule has 2 rings (SSSR count). The van der Waals surface area contributed by atoms with Crippen molar-refractivity contribution < 1.29 is 14.4 Å². The zero-order valence-corrected chi connectivity index (χ0v) is 14.6. The molecule has 0 saturated carbocycles. The third-order valence-electron chi connectivity index (χ3n) is 3.78. The summed E-state index contributed by atoms with van der Waals surface area (Å²) < 4.78 is 0. The van der Waals surface area contributed by atoms with Crippen LogP contribution in [0.2, 0.25) is 0 Å². The first-order chi connectivity index (χ1) is 10.9. The maximum atomic E-state index is 12.5. The zero-order valence-electron chi connectivity index (χ0n) is 13.8. The second-order valence-corrected chi connectivity index (χ2v) is 7.31. The Morgan fingerprint density at radius 1 is 1.39 bits per heavy atom. The van der Waals surface area contributed by atoms with E-state index in [0.717, 1.165) is 0 Å². The molecule has 1 aromatic heterocycles. The van der Waals surface area contributed by atoms with Crippen molar-refractivity contribution in [2.45, 2.75) is 46.2 Å². The molecule has 0 aromatic carbocycles. The van der Waals surface area contributed by atoms with E-state index in [-0.39, 0.29) is 30.4 Å². The summed E-state index contributed by atoms with van der Waals surface area (Å²) in [5.41, 5.74) is 0.